The van der Waals surface area contributed by atoms with Gasteiger partial charge < -0.3 is 14.7 Å². The SMILES string of the molecule is Cc1cc(CN2Cc3ccccc3NCC2=O)no1. The molecular weight excluding hydrogens is 242 g/mol. The number of carbonyl (C=O) groups excluding carboxylic acids is 1. The number of benzene rings is 1. The number of fused-ring (bicyclic) bond motifs is 1. The summed E-state index contributed by atoms with van der Waals surface area (Å²) >= 11 is 0. The van der Waals surface area contributed by atoms with E-state index in [-0.39, 0.29) is 5.91 Å². The van der Waals surface area contributed by atoms with E-state index in [1.165, 1.54) is 0 Å². The zero-order chi connectivity index (χ0) is 13.2. The van der Waals surface area contributed by atoms with E-state index >= 15 is 0 Å². The van der Waals surface area contributed by atoms with Crippen molar-refractivity contribution >= 4 is 11.6 Å². The van der Waals surface area contributed by atoms with Gasteiger partial charge in [-0.3, -0.25) is 4.79 Å². The van der Waals surface area contributed by atoms with Gasteiger partial charge in [-0.1, -0.05) is 23.4 Å². The summed E-state index contributed by atoms with van der Waals surface area (Å²) in [5, 5.41) is 7.10. The second kappa shape index (κ2) is 4.76. The molecule has 0 saturated carbocycles. The van der Waals surface area contributed by atoms with Crippen molar-refractivity contribution in [2.75, 3.05) is 11.9 Å². The molecule has 98 valence electrons. The van der Waals surface area contributed by atoms with Crippen LogP contribution >= 0.6 is 0 Å². The van der Waals surface area contributed by atoms with E-state index in [0.29, 0.717) is 19.6 Å². The number of carbonyl (C=O) groups is 1. The molecule has 5 heteroatoms. The molecule has 3 rings (SSSR count). The van der Waals surface area contributed by atoms with Crippen molar-refractivity contribution in [3.63, 3.8) is 0 Å². The number of para-hydroxylation sites is 1. The summed E-state index contributed by atoms with van der Waals surface area (Å²) in [5.74, 6) is 0.827. The van der Waals surface area contributed by atoms with Crippen molar-refractivity contribution in [2.24, 2.45) is 0 Å². The van der Waals surface area contributed by atoms with Crippen molar-refractivity contribution < 1.29 is 9.32 Å². The monoisotopic (exact) mass is 257 g/mol. The van der Waals surface area contributed by atoms with Crippen LogP contribution in [0.3, 0.4) is 0 Å². The molecular formula is C14H15N3O2. The molecule has 0 radical (unpaired) electrons. The molecule has 1 aliphatic heterocycles. The third kappa shape index (κ3) is 2.45. The average molecular weight is 257 g/mol. The Kier molecular flexibility index (Phi) is 2.95. The predicted molar refractivity (Wildman–Crippen MR) is 70.4 cm³/mol. The summed E-state index contributed by atoms with van der Waals surface area (Å²) in [7, 11) is 0. The molecule has 0 bridgehead atoms. The molecule has 19 heavy (non-hydrogen) atoms. The molecule has 1 aromatic heterocycles. The van der Waals surface area contributed by atoms with Crippen LogP contribution in [0.2, 0.25) is 0 Å². The van der Waals surface area contributed by atoms with Gasteiger partial charge in [0.15, 0.2) is 0 Å². The van der Waals surface area contributed by atoms with Gasteiger partial charge in [-0.05, 0) is 18.6 Å². The highest BCUT2D eigenvalue weighted by Crippen LogP contribution is 2.21. The molecule has 1 N–H and O–H groups in total. The molecule has 0 aliphatic carbocycles. The van der Waals surface area contributed by atoms with E-state index in [2.05, 4.69) is 10.5 Å². The van der Waals surface area contributed by atoms with Crippen LogP contribution in [0, 0.1) is 6.92 Å². The maximum absolute atomic E-state index is 12.1. The average Bonchev–Trinajstić information content (AvgIpc) is 2.74. The summed E-state index contributed by atoms with van der Waals surface area (Å²) in [4.78, 5) is 13.9. The molecule has 0 unspecified atom stereocenters. The lowest BCUT2D eigenvalue weighted by molar-refractivity contribution is -0.130. The Morgan fingerprint density at radius 1 is 1.42 bits per heavy atom. The minimum atomic E-state index is 0.0665. The van der Waals surface area contributed by atoms with Gasteiger partial charge in [0.25, 0.3) is 0 Å². The maximum Gasteiger partial charge on any atom is 0.242 e. The number of hydrogen-bond donors (Lipinski definition) is 1. The largest absolute Gasteiger partial charge is 0.376 e. The third-order valence-electron chi connectivity index (χ3n) is 3.19. The molecule has 2 aromatic rings. The lowest BCUT2D eigenvalue weighted by Crippen LogP contribution is -2.32. The lowest BCUT2D eigenvalue weighted by Gasteiger charge is -2.18. The van der Waals surface area contributed by atoms with Crippen LogP contribution in [0.15, 0.2) is 34.9 Å². The first-order chi connectivity index (χ1) is 9.22. The number of hydrogen-bond acceptors (Lipinski definition) is 4. The minimum absolute atomic E-state index is 0.0665. The number of nitrogens with zero attached hydrogens (tertiary/aromatic N) is 2. The highest BCUT2D eigenvalue weighted by Gasteiger charge is 2.20. The number of aryl methyl sites for hydroxylation is 1. The first kappa shape index (κ1) is 11.8. The van der Waals surface area contributed by atoms with Gasteiger partial charge in [-0.25, -0.2) is 0 Å². The quantitative estimate of drug-likeness (QED) is 0.893. The topological polar surface area (TPSA) is 58.4 Å². The smallest absolute Gasteiger partial charge is 0.242 e. The molecule has 0 atom stereocenters. The third-order valence-corrected chi connectivity index (χ3v) is 3.19. The van der Waals surface area contributed by atoms with E-state index in [1.54, 1.807) is 4.90 Å². The molecule has 0 saturated heterocycles. The van der Waals surface area contributed by atoms with Crippen LogP contribution in [0.4, 0.5) is 5.69 Å². The number of nitrogens with one attached hydrogen (secondary N) is 1. The van der Waals surface area contributed by atoms with Gasteiger partial charge in [0.1, 0.15) is 11.5 Å². The van der Waals surface area contributed by atoms with Crippen LogP contribution in [0.5, 0.6) is 0 Å². The van der Waals surface area contributed by atoms with Crippen molar-refractivity contribution in [1.29, 1.82) is 0 Å². The minimum Gasteiger partial charge on any atom is -0.376 e. The molecule has 1 aliphatic rings. The van der Waals surface area contributed by atoms with Crippen LogP contribution < -0.4 is 5.32 Å². The fraction of sp³-hybridized carbons (Fsp3) is 0.286. The van der Waals surface area contributed by atoms with Crippen LogP contribution in [0.1, 0.15) is 17.0 Å². The Hall–Kier alpha value is -2.30. The van der Waals surface area contributed by atoms with Gasteiger partial charge in [0.05, 0.1) is 13.1 Å². The molecule has 0 fully saturated rings. The van der Waals surface area contributed by atoms with Gasteiger partial charge >= 0.3 is 0 Å². The predicted octanol–water partition coefficient (Wildman–Crippen LogP) is 1.94. The zero-order valence-electron chi connectivity index (χ0n) is 10.7. The summed E-state index contributed by atoms with van der Waals surface area (Å²) < 4.78 is 5.04. The number of aromatic nitrogens is 1. The van der Waals surface area contributed by atoms with E-state index < -0.39 is 0 Å². The van der Waals surface area contributed by atoms with E-state index in [0.717, 1.165) is 22.7 Å². The van der Waals surface area contributed by atoms with Crippen molar-refractivity contribution in [1.82, 2.24) is 10.1 Å². The highest BCUT2D eigenvalue weighted by molar-refractivity contribution is 5.82. The second-order valence-electron chi connectivity index (χ2n) is 4.69. The van der Waals surface area contributed by atoms with Crippen molar-refractivity contribution in [3.05, 3.63) is 47.3 Å². The fourth-order valence-electron chi connectivity index (χ4n) is 2.24. The van der Waals surface area contributed by atoms with E-state index in [9.17, 15) is 4.79 Å². The zero-order valence-corrected chi connectivity index (χ0v) is 10.7. The van der Waals surface area contributed by atoms with Crippen LogP contribution in [-0.2, 0) is 17.9 Å². The highest BCUT2D eigenvalue weighted by atomic mass is 16.5. The van der Waals surface area contributed by atoms with Gasteiger partial charge in [0.2, 0.25) is 5.91 Å². The van der Waals surface area contributed by atoms with Gasteiger partial charge in [-0.15, -0.1) is 0 Å². The number of amides is 1. The van der Waals surface area contributed by atoms with Crippen molar-refractivity contribution in [3.8, 4) is 0 Å². The van der Waals surface area contributed by atoms with Gasteiger partial charge in [0, 0.05) is 18.3 Å². The number of rotatable bonds is 2. The molecule has 2 heterocycles. The molecule has 1 aromatic carbocycles. The maximum atomic E-state index is 12.1. The summed E-state index contributed by atoms with van der Waals surface area (Å²) in [6.45, 7) is 3.23. The Balaban J connectivity index is 1.83. The van der Waals surface area contributed by atoms with Gasteiger partial charge in [-0.2, -0.15) is 0 Å². The Morgan fingerprint density at radius 2 is 2.26 bits per heavy atom. The second-order valence-corrected chi connectivity index (χ2v) is 4.69. The van der Waals surface area contributed by atoms with Crippen LogP contribution in [-0.4, -0.2) is 22.5 Å². The Morgan fingerprint density at radius 3 is 3.05 bits per heavy atom. The molecule has 1 amide bonds. The first-order valence-corrected chi connectivity index (χ1v) is 6.24. The Bertz CT molecular complexity index is 606. The van der Waals surface area contributed by atoms with E-state index in [1.807, 2.05) is 37.3 Å². The standard InChI is InChI=1S/C14H15N3O2/c1-10-6-12(16-19-10)9-17-8-11-4-2-3-5-13(11)15-7-14(17)18/h2-6,15H,7-9H2,1H3. The lowest BCUT2D eigenvalue weighted by atomic mass is 10.1. The Labute approximate surface area is 111 Å². The van der Waals surface area contributed by atoms with E-state index in [4.69, 9.17) is 4.52 Å². The number of anilines is 1. The summed E-state index contributed by atoms with van der Waals surface area (Å²) in [6, 6.07) is 9.83. The molecule has 0 spiro atoms. The fourth-order valence-corrected chi connectivity index (χ4v) is 2.24. The first-order valence-electron chi connectivity index (χ1n) is 6.24. The normalized spacial score (nSPS) is 14.8. The van der Waals surface area contributed by atoms with Crippen molar-refractivity contribution in [2.45, 2.75) is 20.0 Å². The van der Waals surface area contributed by atoms with Crippen LogP contribution in [0.25, 0.3) is 0 Å². The summed E-state index contributed by atoms with van der Waals surface area (Å²) in [6.07, 6.45) is 0. The molecule has 5 nitrogen and oxygen atoms in total. The summed E-state index contributed by atoms with van der Waals surface area (Å²) in [5.41, 5.74) is 2.92.